The molecule has 0 spiro atoms. The summed E-state index contributed by atoms with van der Waals surface area (Å²) in [5.41, 5.74) is -1.80. The lowest BCUT2D eigenvalue weighted by atomic mass is 9.86. The highest BCUT2D eigenvalue weighted by Gasteiger charge is 2.31. The summed E-state index contributed by atoms with van der Waals surface area (Å²) in [6, 6.07) is 0.634. The summed E-state index contributed by atoms with van der Waals surface area (Å²) in [5, 5.41) is 4.75. The molecule has 0 bridgehead atoms. The van der Waals surface area contributed by atoms with Gasteiger partial charge in [-0.1, -0.05) is 19.8 Å². The molecule has 2 atom stereocenters. The normalized spacial score (nSPS) is 20.8. The molecular formula is C16H20F3N3O3. The molecule has 3 amide bonds. The van der Waals surface area contributed by atoms with Crippen molar-refractivity contribution in [3.63, 3.8) is 0 Å². The van der Waals surface area contributed by atoms with Gasteiger partial charge < -0.3 is 9.88 Å². The Morgan fingerprint density at radius 3 is 2.56 bits per heavy atom. The van der Waals surface area contributed by atoms with E-state index in [1.165, 1.54) is 0 Å². The lowest BCUT2D eigenvalue weighted by Gasteiger charge is -2.29. The van der Waals surface area contributed by atoms with Crippen LogP contribution in [0.2, 0.25) is 0 Å². The number of carbonyl (C=O) groups excluding carboxylic acids is 2. The molecule has 0 saturated heterocycles. The smallest absolute Gasteiger partial charge is 0.335 e. The molecule has 9 heteroatoms. The largest absolute Gasteiger partial charge is 0.417 e. The number of amides is 3. The fourth-order valence-corrected chi connectivity index (χ4v) is 2.88. The van der Waals surface area contributed by atoms with Gasteiger partial charge in [-0.05, 0) is 24.8 Å². The van der Waals surface area contributed by atoms with E-state index in [1.807, 2.05) is 6.92 Å². The first kappa shape index (κ1) is 19.0. The number of aromatic nitrogens is 1. The van der Waals surface area contributed by atoms with Gasteiger partial charge >= 0.3 is 12.2 Å². The van der Waals surface area contributed by atoms with Crippen LogP contribution in [0.15, 0.2) is 23.1 Å². The second-order valence-corrected chi connectivity index (χ2v) is 6.27. The third-order valence-electron chi connectivity index (χ3n) is 4.31. The predicted octanol–water partition coefficient (Wildman–Crippen LogP) is 2.27. The van der Waals surface area contributed by atoms with E-state index in [1.54, 1.807) is 0 Å². The van der Waals surface area contributed by atoms with Crippen molar-refractivity contribution in [2.24, 2.45) is 5.92 Å². The van der Waals surface area contributed by atoms with Gasteiger partial charge in [0.15, 0.2) is 0 Å². The van der Waals surface area contributed by atoms with Gasteiger partial charge in [-0.15, -0.1) is 0 Å². The summed E-state index contributed by atoms with van der Waals surface area (Å²) in [4.78, 5) is 35.3. The van der Waals surface area contributed by atoms with E-state index in [0.29, 0.717) is 22.7 Å². The molecule has 0 aromatic carbocycles. The predicted molar refractivity (Wildman–Crippen MR) is 83.8 cm³/mol. The number of hydrogen-bond acceptors (Lipinski definition) is 3. The monoisotopic (exact) mass is 359 g/mol. The molecule has 2 rings (SSSR count). The third-order valence-corrected chi connectivity index (χ3v) is 4.31. The van der Waals surface area contributed by atoms with Crippen LogP contribution in [0, 0.1) is 5.92 Å². The van der Waals surface area contributed by atoms with E-state index in [9.17, 15) is 27.6 Å². The van der Waals surface area contributed by atoms with Crippen LogP contribution in [-0.4, -0.2) is 22.5 Å². The van der Waals surface area contributed by atoms with Crippen molar-refractivity contribution in [3.8, 4) is 0 Å². The number of alkyl halides is 3. The molecule has 1 aromatic heterocycles. The highest BCUT2D eigenvalue weighted by molar-refractivity contribution is 5.94. The zero-order chi connectivity index (χ0) is 18.6. The first-order chi connectivity index (χ1) is 11.7. The Labute approximate surface area is 142 Å². The number of rotatable bonds is 3. The third kappa shape index (κ3) is 5.33. The van der Waals surface area contributed by atoms with Gasteiger partial charge in [0.25, 0.3) is 5.56 Å². The molecule has 0 radical (unpaired) electrons. The molecule has 0 aliphatic heterocycles. The number of pyridine rings is 1. The van der Waals surface area contributed by atoms with Crippen molar-refractivity contribution < 1.29 is 22.8 Å². The Balaban J connectivity index is 1.95. The maximum atomic E-state index is 12.7. The van der Waals surface area contributed by atoms with Crippen molar-refractivity contribution in [2.75, 3.05) is 0 Å². The van der Waals surface area contributed by atoms with Crippen molar-refractivity contribution in [2.45, 2.75) is 51.4 Å². The van der Waals surface area contributed by atoms with Crippen molar-refractivity contribution in [1.82, 2.24) is 15.2 Å². The van der Waals surface area contributed by atoms with E-state index < -0.39 is 35.8 Å². The summed E-state index contributed by atoms with van der Waals surface area (Å²) in [5.74, 6) is -0.567. The minimum atomic E-state index is -4.62. The number of carbonyl (C=O) groups is 2. The van der Waals surface area contributed by atoms with E-state index in [0.717, 1.165) is 31.7 Å². The first-order valence-electron chi connectivity index (χ1n) is 8.05. The van der Waals surface area contributed by atoms with Crippen LogP contribution in [0.3, 0.4) is 0 Å². The number of hydrogen-bond donors (Lipinski definition) is 2. The van der Waals surface area contributed by atoms with Crippen molar-refractivity contribution >= 4 is 11.9 Å². The Morgan fingerprint density at radius 2 is 1.92 bits per heavy atom. The molecule has 1 fully saturated rings. The quantitative estimate of drug-likeness (QED) is 0.869. The highest BCUT2D eigenvalue weighted by atomic mass is 19.4. The zero-order valence-corrected chi connectivity index (χ0v) is 13.7. The summed E-state index contributed by atoms with van der Waals surface area (Å²) in [7, 11) is 0. The van der Waals surface area contributed by atoms with Crippen LogP contribution in [0.4, 0.5) is 18.0 Å². The van der Waals surface area contributed by atoms with Crippen LogP contribution in [-0.2, 0) is 17.5 Å². The standard InChI is InChI=1S/C16H20F3N3O3/c1-10-4-2-3-5-12(10)20-15(25)21-13(23)9-22-8-11(16(17,18)19)6-7-14(22)24/h6-8,10,12H,2-5,9H2,1H3,(H2,20,21,23,25)/t10-,12-/m0/s1. The Bertz CT molecular complexity index is 700. The minimum Gasteiger partial charge on any atom is -0.335 e. The van der Waals surface area contributed by atoms with Gasteiger partial charge in [-0.3, -0.25) is 14.9 Å². The molecule has 6 nitrogen and oxygen atoms in total. The van der Waals surface area contributed by atoms with Crippen molar-refractivity contribution in [1.29, 1.82) is 0 Å². The second-order valence-electron chi connectivity index (χ2n) is 6.27. The number of urea groups is 1. The van der Waals surface area contributed by atoms with E-state index in [4.69, 9.17) is 0 Å². The first-order valence-corrected chi connectivity index (χ1v) is 8.05. The maximum Gasteiger partial charge on any atom is 0.417 e. The van der Waals surface area contributed by atoms with Crippen LogP contribution >= 0.6 is 0 Å². The van der Waals surface area contributed by atoms with Gasteiger partial charge in [-0.25, -0.2) is 4.79 Å². The summed E-state index contributed by atoms with van der Waals surface area (Å²) in [6.45, 7) is 1.34. The summed E-state index contributed by atoms with van der Waals surface area (Å²) < 4.78 is 38.6. The molecule has 25 heavy (non-hydrogen) atoms. The maximum absolute atomic E-state index is 12.7. The molecule has 1 aromatic rings. The molecule has 138 valence electrons. The molecule has 1 saturated carbocycles. The van der Waals surface area contributed by atoms with Crippen molar-refractivity contribution in [3.05, 3.63) is 34.2 Å². The van der Waals surface area contributed by atoms with Crippen LogP contribution in [0.1, 0.15) is 38.2 Å². The lowest BCUT2D eigenvalue weighted by Crippen LogP contribution is -2.48. The minimum absolute atomic E-state index is 0.0437. The SMILES string of the molecule is C[C@H]1CCCC[C@@H]1NC(=O)NC(=O)Cn1cc(C(F)(F)F)ccc1=O. The number of nitrogens with one attached hydrogen (secondary N) is 2. The fraction of sp³-hybridized carbons (Fsp3) is 0.562. The van der Waals surface area contributed by atoms with Crippen LogP contribution < -0.4 is 16.2 Å². The van der Waals surface area contributed by atoms with Crippen LogP contribution in [0.25, 0.3) is 0 Å². The number of imide groups is 1. The lowest BCUT2D eigenvalue weighted by molar-refractivity contribution is -0.138. The summed E-state index contributed by atoms with van der Waals surface area (Å²) in [6.07, 6.45) is -0.181. The molecule has 1 heterocycles. The van der Waals surface area contributed by atoms with Gasteiger partial charge in [0.2, 0.25) is 5.91 Å². The van der Waals surface area contributed by atoms with Crippen LogP contribution in [0.5, 0.6) is 0 Å². The van der Waals surface area contributed by atoms with Gasteiger partial charge in [0, 0.05) is 18.3 Å². The van der Waals surface area contributed by atoms with E-state index in [2.05, 4.69) is 10.6 Å². The molecule has 1 aliphatic carbocycles. The van der Waals surface area contributed by atoms with E-state index >= 15 is 0 Å². The number of halogens is 3. The topological polar surface area (TPSA) is 80.2 Å². The van der Waals surface area contributed by atoms with E-state index in [-0.39, 0.29) is 6.04 Å². The molecular weight excluding hydrogens is 339 g/mol. The Hall–Kier alpha value is -2.32. The highest BCUT2D eigenvalue weighted by Crippen LogP contribution is 2.28. The Kier molecular flexibility index (Phi) is 5.86. The molecule has 0 unspecified atom stereocenters. The molecule has 1 aliphatic rings. The fourth-order valence-electron chi connectivity index (χ4n) is 2.88. The molecule has 2 N–H and O–H groups in total. The van der Waals surface area contributed by atoms with Gasteiger partial charge in [-0.2, -0.15) is 13.2 Å². The second kappa shape index (κ2) is 7.71. The zero-order valence-electron chi connectivity index (χ0n) is 13.7. The average Bonchev–Trinajstić information content (AvgIpc) is 2.50. The Morgan fingerprint density at radius 1 is 1.24 bits per heavy atom. The summed E-state index contributed by atoms with van der Waals surface area (Å²) >= 11 is 0. The number of nitrogens with zero attached hydrogens (tertiary/aromatic N) is 1. The average molecular weight is 359 g/mol. The van der Waals surface area contributed by atoms with Gasteiger partial charge in [0.1, 0.15) is 6.54 Å². The van der Waals surface area contributed by atoms with Gasteiger partial charge in [0.05, 0.1) is 5.56 Å².